The summed E-state index contributed by atoms with van der Waals surface area (Å²) in [5.74, 6) is -1.42. The molecule has 2 N–H and O–H groups in total. The van der Waals surface area contributed by atoms with Crippen molar-refractivity contribution in [3.63, 3.8) is 0 Å². The summed E-state index contributed by atoms with van der Waals surface area (Å²) < 4.78 is 10.4. The zero-order valence-corrected chi connectivity index (χ0v) is 25.3. The number of alkyl carbamates (subject to hydrolysis) is 1. The minimum Gasteiger partial charge on any atom is -0.466 e. The molecule has 3 amide bonds. The number of nitrogens with zero attached hydrogens (tertiary/aromatic N) is 1. The Bertz CT molecular complexity index is 970. The smallest absolute Gasteiger partial charge is 0.408 e. The molecule has 0 fully saturated rings. The Labute approximate surface area is 234 Å². The largest absolute Gasteiger partial charge is 0.466 e. The summed E-state index contributed by atoms with van der Waals surface area (Å²) in [5, 5.41) is 5.56. The maximum Gasteiger partial charge on any atom is 0.408 e. The van der Waals surface area contributed by atoms with Gasteiger partial charge in [-0.3, -0.25) is 14.4 Å². The van der Waals surface area contributed by atoms with Crippen molar-refractivity contribution >= 4 is 23.9 Å². The summed E-state index contributed by atoms with van der Waals surface area (Å²) in [7, 11) is 0. The molecule has 1 aromatic rings. The van der Waals surface area contributed by atoms with Gasteiger partial charge in [0.2, 0.25) is 11.8 Å². The minimum absolute atomic E-state index is 0.0256. The highest BCUT2D eigenvalue weighted by Gasteiger charge is 2.37. The molecule has 0 radical (unpaired) electrons. The van der Waals surface area contributed by atoms with E-state index in [1.807, 2.05) is 45.9 Å². The lowest BCUT2D eigenvalue weighted by molar-refractivity contribution is -0.144. The van der Waals surface area contributed by atoms with E-state index in [2.05, 4.69) is 17.6 Å². The number of rotatable bonds is 14. The van der Waals surface area contributed by atoms with Gasteiger partial charge in [0.05, 0.1) is 13.0 Å². The number of nitrogens with one attached hydrogen (secondary N) is 2. The number of amides is 3. The summed E-state index contributed by atoms with van der Waals surface area (Å²) in [6, 6.07) is 3.85. The van der Waals surface area contributed by atoms with Gasteiger partial charge in [-0.25, -0.2) is 4.79 Å². The average Bonchev–Trinajstić information content (AvgIpc) is 2.82. The molecule has 0 aromatic heterocycles. The molecule has 0 bridgehead atoms. The number of carbonyl (C=O) groups excluding carboxylic acids is 4. The first-order valence-corrected chi connectivity index (χ1v) is 14.0. The van der Waals surface area contributed by atoms with Crippen LogP contribution in [0.4, 0.5) is 4.79 Å². The van der Waals surface area contributed by atoms with Crippen LogP contribution in [0.3, 0.4) is 0 Å². The fraction of sp³-hybridized carbons (Fsp3) is 0.667. The van der Waals surface area contributed by atoms with Crippen molar-refractivity contribution in [2.75, 3.05) is 19.7 Å². The molecule has 1 rings (SSSR count). The molecule has 0 spiro atoms. The van der Waals surface area contributed by atoms with Gasteiger partial charge < -0.3 is 25.0 Å². The van der Waals surface area contributed by atoms with Gasteiger partial charge in [0.1, 0.15) is 17.7 Å². The van der Waals surface area contributed by atoms with Gasteiger partial charge in [0, 0.05) is 13.1 Å². The van der Waals surface area contributed by atoms with Gasteiger partial charge in [-0.15, -0.1) is 0 Å². The van der Waals surface area contributed by atoms with Crippen molar-refractivity contribution in [1.29, 1.82) is 0 Å². The van der Waals surface area contributed by atoms with Crippen LogP contribution in [0.15, 0.2) is 18.2 Å². The van der Waals surface area contributed by atoms with Crippen LogP contribution in [0.25, 0.3) is 0 Å². The zero-order chi connectivity index (χ0) is 29.8. The maximum atomic E-state index is 14.1. The molecule has 2 unspecified atom stereocenters. The number of benzene rings is 1. The van der Waals surface area contributed by atoms with Crippen molar-refractivity contribution in [1.82, 2.24) is 15.5 Å². The van der Waals surface area contributed by atoms with E-state index < -0.39 is 35.7 Å². The first kappa shape index (κ1) is 33.9. The Morgan fingerprint density at radius 1 is 1.00 bits per heavy atom. The van der Waals surface area contributed by atoms with Crippen LogP contribution in [0.1, 0.15) is 96.9 Å². The van der Waals surface area contributed by atoms with Crippen LogP contribution in [0.2, 0.25) is 0 Å². The molecule has 9 heteroatoms. The number of hydrogen-bond acceptors (Lipinski definition) is 6. The number of hydrogen-bond donors (Lipinski definition) is 2. The van der Waals surface area contributed by atoms with Gasteiger partial charge in [-0.1, -0.05) is 51.8 Å². The van der Waals surface area contributed by atoms with Crippen LogP contribution in [-0.4, -0.2) is 60.1 Å². The maximum absolute atomic E-state index is 14.1. The highest BCUT2D eigenvalue weighted by atomic mass is 16.6. The molecule has 1 aromatic carbocycles. The topological polar surface area (TPSA) is 114 Å². The van der Waals surface area contributed by atoms with E-state index >= 15 is 0 Å². The standard InChI is InChI=1S/C30H49N3O6/c1-10-12-13-18-33(28(36)25(20(3)4)32-29(37)39-30(7,8)9)26(23-15-14-21(5)22(6)19-23)27(35)31-17-16-24(34)38-11-2/h14-15,19-20,25-26H,10-13,16-18H2,1-9H3,(H,31,35)(H,32,37). The Morgan fingerprint density at radius 3 is 2.21 bits per heavy atom. The molecule has 0 aliphatic rings. The third-order valence-electron chi connectivity index (χ3n) is 6.23. The van der Waals surface area contributed by atoms with Gasteiger partial charge >= 0.3 is 12.1 Å². The zero-order valence-electron chi connectivity index (χ0n) is 25.3. The van der Waals surface area contributed by atoms with Gasteiger partial charge in [-0.2, -0.15) is 0 Å². The highest BCUT2D eigenvalue weighted by Crippen LogP contribution is 2.26. The second kappa shape index (κ2) is 16.1. The Morgan fingerprint density at radius 2 is 1.67 bits per heavy atom. The van der Waals surface area contributed by atoms with Gasteiger partial charge in [0.15, 0.2) is 0 Å². The van der Waals surface area contributed by atoms with E-state index in [0.717, 1.165) is 24.0 Å². The summed E-state index contributed by atoms with van der Waals surface area (Å²) in [6.45, 7) is 17.4. The first-order valence-electron chi connectivity index (χ1n) is 14.0. The van der Waals surface area contributed by atoms with Crippen LogP contribution in [-0.2, 0) is 23.9 Å². The first-order chi connectivity index (χ1) is 18.2. The Balaban J connectivity index is 3.45. The molecule has 0 saturated heterocycles. The minimum atomic E-state index is -0.947. The third-order valence-corrected chi connectivity index (χ3v) is 6.23. The Hall–Kier alpha value is -3.10. The number of esters is 1. The normalized spacial score (nSPS) is 12.9. The fourth-order valence-corrected chi connectivity index (χ4v) is 4.05. The number of ether oxygens (including phenoxy) is 2. The van der Waals surface area contributed by atoms with E-state index in [-0.39, 0.29) is 31.4 Å². The van der Waals surface area contributed by atoms with E-state index in [4.69, 9.17) is 9.47 Å². The lowest BCUT2D eigenvalue weighted by atomic mass is 9.96. The van der Waals surface area contributed by atoms with Crippen molar-refractivity contribution < 1.29 is 28.7 Å². The van der Waals surface area contributed by atoms with Crippen molar-refractivity contribution in [2.24, 2.45) is 5.92 Å². The fourth-order valence-electron chi connectivity index (χ4n) is 4.05. The van der Waals surface area contributed by atoms with E-state index in [1.165, 1.54) is 0 Å². The average molecular weight is 548 g/mol. The predicted octanol–water partition coefficient (Wildman–Crippen LogP) is 4.98. The van der Waals surface area contributed by atoms with E-state index in [9.17, 15) is 19.2 Å². The van der Waals surface area contributed by atoms with Crippen LogP contribution in [0.5, 0.6) is 0 Å². The lowest BCUT2D eigenvalue weighted by Crippen LogP contribution is -2.55. The summed E-state index contributed by atoms with van der Waals surface area (Å²) in [4.78, 5) is 53.9. The van der Waals surface area contributed by atoms with Crippen molar-refractivity contribution in [3.05, 3.63) is 34.9 Å². The van der Waals surface area contributed by atoms with Gasteiger partial charge in [-0.05, 0) is 70.6 Å². The molecule has 0 heterocycles. The van der Waals surface area contributed by atoms with Gasteiger partial charge in [0.25, 0.3) is 0 Å². The molecule has 220 valence electrons. The summed E-state index contributed by atoms with van der Waals surface area (Å²) >= 11 is 0. The van der Waals surface area contributed by atoms with Crippen LogP contribution in [0, 0.1) is 19.8 Å². The molecule has 0 aliphatic heterocycles. The molecular weight excluding hydrogens is 498 g/mol. The molecule has 39 heavy (non-hydrogen) atoms. The molecule has 0 saturated carbocycles. The quantitative estimate of drug-likeness (QED) is 0.251. The molecule has 0 aliphatic carbocycles. The van der Waals surface area contributed by atoms with E-state index in [0.29, 0.717) is 18.5 Å². The second-order valence-corrected chi connectivity index (χ2v) is 11.2. The lowest BCUT2D eigenvalue weighted by Gasteiger charge is -2.36. The molecular formula is C30H49N3O6. The van der Waals surface area contributed by atoms with E-state index in [1.54, 1.807) is 32.6 Å². The number of unbranched alkanes of at least 4 members (excludes halogenated alkanes) is 2. The second-order valence-electron chi connectivity index (χ2n) is 11.2. The van der Waals surface area contributed by atoms with Crippen LogP contribution >= 0.6 is 0 Å². The van der Waals surface area contributed by atoms with Crippen molar-refractivity contribution in [3.8, 4) is 0 Å². The molecule has 2 atom stereocenters. The van der Waals surface area contributed by atoms with Crippen molar-refractivity contribution in [2.45, 2.75) is 106 Å². The summed E-state index contributed by atoms with van der Waals surface area (Å²) in [6.07, 6.45) is 1.84. The van der Waals surface area contributed by atoms with Crippen LogP contribution < -0.4 is 10.6 Å². The number of aryl methyl sites for hydroxylation is 2. The summed E-state index contributed by atoms with van der Waals surface area (Å²) in [5.41, 5.74) is 1.99. The Kier molecular flexibility index (Phi) is 14.0. The SMILES string of the molecule is CCCCCN(C(=O)C(NC(=O)OC(C)(C)C)C(C)C)C(C(=O)NCCC(=O)OCC)c1ccc(C)c(C)c1. The number of carbonyl (C=O) groups is 4. The molecule has 9 nitrogen and oxygen atoms in total. The highest BCUT2D eigenvalue weighted by molar-refractivity contribution is 5.92. The monoisotopic (exact) mass is 547 g/mol. The predicted molar refractivity (Wildman–Crippen MR) is 152 cm³/mol. The third kappa shape index (κ3) is 11.7.